The van der Waals surface area contributed by atoms with Crippen LogP contribution < -0.4 is 0 Å². The van der Waals surface area contributed by atoms with E-state index in [0.717, 1.165) is 5.56 Å². The van der Waals surface area contributed by atoms with Gasteiger partial charge in [-0.1, -0.05) is 5.92 Å². The van der Waals surface area contributed by atoms with Crippen LogP contribution in [0.15, 0.2) is 30.6 Å². The van der Waals surface area contributed by atoms with E-state index in [1.54, 1.807) is 6.20 Å². The average Bonchev–Trinajstić information content (AvgIpc) is 2.92. The lowest BCUT2D eigenvalue weighted by molar-refractivity contribution is -0.134. The predicted molar refractivity (Wildman–Crippen MR) is 81.2 cm³/mol. The van der Waals surface area contributed by atoms with Gasteiger partial charge in [-0.2, -0.15) is 0 Å². The van der Waals surface area contributed by atoms with Crippen LogP contribution in [0.4, 0.5) is 0 Å². The van der Waals surface area contributed by atoms with Gasteiger partial charge in [0.2, 0.25) is 0 Å². The summed E-state index contributed by atoms with van der Waals surface area (Å²) in [4.78, 5) is 25.6. The Morgan fingerprint density at radius 2 is 2.00 bits per heavy atom. The van der Waals surface area contributed by atoms with Crippen molar-refractivity contribution in [2.45, 2.75) is 18.9 Å². The average molecular weight is 302 g/mol. The van der Waals surface area contributed by atoms with Gasteiger partial charge in [-0.25, -0.2) is 9.59 Å². The van der Waals surface area contributed by atoms with Gasteiger partial charge in [-0.05, 0) is 38.1 Å². The van der Waals surface area contributed by atoms with Gasteiger partial charge in [0.1, 0.15) is 0 Å². The molecule has 6 nitrogen and oxygen atoms in total. The molecule has 0 bridgehead atoms. The first-order valence-electron chi connectivity index (χ1n) is 6.69. The van der Waals surface area contributed by atoms with E-state index < -0.39 is 11.9 Å². The molecule has 2 rings (SSSR count). The molecule has 0 spiro atoms. The molecule has 0 amide bonds. The summed E-state index contributed by atoms with van der Waals surface area (Å²) in [5.41, 5.74) is 2.13. The van der Waals surface area contributed by atoms with Gasteiger partial charge < -0.3 is 10.2 Å². The molecule has 1 fully saturated rings. The number of likely N-dealkylation sites (tertiary alicyclic amines) is 1. The molecular weight excluding hydrogens is 284 g/mol. The molecule has 1 aliphatic rings. The molecule has 22 heavy (non-hydrogen) atoms. The Balaban J connectivity index is 0.000000261. The van der Waals surface area contributed by atoms with Crippen molar-refractivity contribution in [1.82, 2.24) is 9.88 Å². The number of aromatic nitrogens is 1. The lowest BCUT2D eigenvalue weighted by Crippen LogP contribution is -2.17. The molecule has 1 aliphatic heterocycles. The Kier molecular flexibility index (Phi) is 6.80. The Morgan fingerprint density at radius 3 is 2.45 bits per heavy atom. The molecule has 1 aromatic heterocycles. The van der Waals surface area contributed by atoms with Gasteiger partial charge in [-0.15, -0.1) is 6.42 Å². The smallest absolute Gasteiger partial charge is 0.328 e. The number of hydrogen-bond donors (Lipinski definition) is 2. The fraction of sp³-hybridized carbons (Fsp3) is 0.312. The molecule has 116 valence electrons. The van der Waals surface area contributed by atoms with Crippen LogP contribution in [0.2, 0.25) is 0 Å². The summed E-state index contributed by atoms with van der Waals surface area (Å²) in [6.07, 6.45) is 12.6. The summed E-state index contributed by atoms with van der Waals surface area (Å²) in [6, 6.07) is 2.58. The molecule has 1 saturated heterocycles. The maximum Gasteiger partial charge on any atom is 0.328 e. The second kappa shape index (κ2) is 8.60. The number of aliphatic carboxylic acids is 2. The zero-order chi connectivity index (χ0) is 16.5. The Bertz CT molecular complexity index is 588. The first kappa shape index (κ1) is 17.4. The number of rotatable bonds is 3. The predicted octanol–water partition coefficient (Wildman–Crippen LogP) is 1.54. The summed E-state index contributed by atoms with van der Waals surface area (Å²) in [5, 5.41) is 15.6. The Hall–Kier alpha value is -2.65. The van der Waals surface area contributed by atoms with Crippen LogP contribution in [0.25, 0.3) is 0 Å². The van der Waals surface area contributed by atoms with E-state index in [2.05, 4.69) is 28.9 Å². The number of carboxylic acids is 2. The third-order valence-electron chi connectivity index (χ3n) is 3.20. The summed E-state index contributed by atoms with van der Waals surface area (Å²) < 4.78 is 0. The highest BCUT2D eigenvalue weighted by molar-refractivity contribution is 5.89. The quantitative estimate of drug-likeness (QED) is 0.650. The first-order valence-corrected chi connectivity index (χ1v) is 6.69. The lowest BCUT2D eigenvalue weighted by Gasteiger charge is -2.19. The highest BCUT2D eigenvalue weighted by Gasteiger charge is 2.22. The van der Waals surface area contributed by atoms with Crippen molar-refractivity contribution in [2.24, 2.45) is 0 Å². The summed E-state index contributed by atoms with van der Waals surface area (Å²) in [6.45, 7) is 1.17. The van der Waals surface area contributed by atoms with Gasteiger partial charge in [-0.3, -0.25) is 9.88 Å². The van der Waals surface area contributed by atoms with Gasteiger partial charge in [0, 0.05) is 36.2 Å². The highest BCUT2D eigenvalue weighted by atomic mass is 16.4. The van der Waals surface area contributed by atoms with Crippen molar-refractivity contribution >= 4 is 11.9 Å². The molecule has 2 N–H and O–H groups in total. The zero-order valence-electron chi connectivity index (χ0n) is 12.3. The van der Waals surface area contributed by atoms with Crippen LogP contribution in [0.5, 0.6) is 0 Å². The molecule has 2 heterocycles. The summed E-state index contributed by atoms with van der Waals surface area (Å²) in [5.74, 6) is 0.111. The Morgan fingerprint density at radius 1 is 1.36 bits per heavy atom. The lowest BCUT2D eigenvalue weighted by atomic mass is 10.1. The van der Waals surface area contributed by atoms with Crippen molar-refractivity contribution in [3.8, 4) is 12.3 Å². The first-order chi connectivity index (χ1) is 10.4. The second-order valence-electron chi connectivity index (χ2n) is 4.80. The van der Waals surface area contributed by atoms with Crippen molar-refractivity contribution in [3.05, 3.63) is 41.7 Å². The van der Waals surface area contributed by atoms with E-state index in [9.17, 15) is 9.59 Å². The second-order valence-corrected chi connectivity index (χ2v) is 4.80. The molecule has 1 aromatic rings. The van der Waals surface area contributed by atoms with Gasteiger partial charge >= 0.3 is 11.9 Å². The van der Waals surface area contributed by atoms with Crippen molar-refractivity contribution in [3.63, 3.8) is 0 Å². The maximum absolute atomic E-state index is 9.55. The molecule has 1 atom stereocenters. The van der Waals surface area contributed by atoms with Crippen molar-refractivity contribution in [1.29, 1.82) is 0 Å². The number of nitrogens with zero attached hydrogens (tertiary/aromatic N) is 2. The molecule has 0 saturated carbocycles. The number of hydrogen-bond acceptors (Lipinski definition) is 4. The summed E-state index contributed by atoms with van der Waals surface area (Å²) in [7, 11) is 2.15. The topological polar surface area (TPSA) is 90.7 Å². The van der Waals surface area contributed by atoms with Crippen LogP contribution in [-0.2, 0) is 9.59 Å². The van der Waals surface area contributed by atoms with Crippen LogP contribution >= 0.6 is 0 Å². The minimum absolute atomic E-state index is 0.510. The fourth-order valence-electron chi connectivity index (χ4n) is 2.19. The van der Waals surface area contributed by atoms with Gasteiger partial charge in [0.15, 0.2) is 0 Å². The van der Waals surface area contributed by atoms with Crippen LogP contribution in [0, 0.1) is 12.3 Å². The number of terminal acetylenes is 1. The van der Waals surface area contributed by atoms with E-state index in [4.69, 9.17) is 16.6 Å². The van der Waals surface area contributed by atoms with Crippen molar-refractivity contribution in [2.75, 3.05) is 13.6 Å². The SMILES string of the molecule is C#Cc1cncc(C2CCCN2C)c1.O=C(O)C=CC(=O)O. The maximum atomic E-state index is 9.55. The number of carboxylic acid groups (broad SMARTS) is 2. The van der Waals surface area contributed by atoms with E-state index in [-0.39, 0.29) is 0 Å². The molecule has 6 heteroatoms. The molecule has 0 aromatic carbocycles. The van der Waals surface area contributed by atoms with E-state index >= 15 is 0 Å². The minimum Gasteiger partial charge on any atom is -0.478 e. The largest absolute Gasteiger partial charge is 0.478 e. The van der Waals surface area contributed by atoms with Crippen molar-refractivity contribution < 1.29 is 19.8 Å². The number of pyridine rings is 1. The third kappa shape index (κ3) is 5.77. The van der Waals surface area contributed by atoms with E-state index in [0.29, 0.717) is 18.2 Å². The normalized spacial score (nSPS) is 17.5. The molecule has 0 aliphatic carbocycles. The van der Waals surface area contributed by atoms with Crippen LogP contribution in [0.3, 0.4) is 0 Å². The Labute approximate surface area is 129 Å². The molecular formula is C16H18N2O4. The van der Waals surface area contributed by atoms with Gasteiger partial charge in [0.05, 0.1) is 0 Å². The van der Waals surface area contributed by atoms with Crippen LogP contribution in [-0.4, -0.2) is 45.6 Å². The fourth-order valence-corrected chi connectivity index (χ4v) is 2.19. The minimum atomic E-state index is -1.26. The highest BCUT2D eigenvalue weighted by Crippen LogP contribution is 2.29. The standard InChI is InChI=1S/C12H14N2.C4H4O4/c1-3-10-7-11(9-13-8-10)12-5-4-6-14(12)2;5-3(6)1-2-4(7)8/h1,7-9,12H,4-6H2,2H3;1-2H,(H,5,6)(H,7,8). The van der Waals surface area contributed by atoms with E-state index in [1.165, 1.54) is 24.9 Å². The third-order valence-corrected chi connectivity index (χ3v) is 3.20. The zero-order valence-corrected chi connectivity index (χ0v) is 12.3. The van der Waals surface area contributed by atoms with Crippen LogP contribution in [0.1, 0.15) is 30.0 Å². The number of carbonyl (C=O) groups is 2. The summed E-state index contributed by atoms with van der Waals surface area (Å²) >= 11 is 0. The molecule has 0 radical (unpaired) electrons. The molecule has 1 unspecified atom stereocenters. The monoisotopic (exact) mass is 302 g/mol. The van der Waals surface area contributed by atoms with E-state index in [1.807, 2.05) is 6.20 Å². The van der Waals surface area contributed by atoms with Gasteiger partial charge in [0.25, 0.3) is 0 Å².